The molecule has 0 fully saturated rings. The lowest BCUT2D eigenvalue weighted by Crippen LogP contribution is -2.27. The number of carbonyl (C=O) groups is 1. The predicted octanol–water partition coefficient (Wildman–Crippen LogP) is 2.92. The molecule has 1 aromatic heterocycles. The number of carbonyl (C=O) groups excluding carboxylic acids is 1. The van der Waals surface area contributed by atoms with Crippen molar-refractivity contribution in [3.63, 3.8) is 0 Å². The number of hydrogen-bond acceptors (Lipinski definition) is 3. The number of hydrogen-bond donors (Lipinski definition) is 2. The Labute approximate surface area is 119 Å². The molecule has 4 nitrogen and oxygen atoms in total. The van der Waals surface area contributed by atoms with E-state index in [0.717, 1.165) is 11.3 Å². The Hall–Kier alpha value is -2.36. The van der Waals surface area contributed by atoms with Crippen LogP contribution in [0.1, 0.15) is 34.6 Å². The standard InChI is InChI=1S/C16H19N3O/c1-11-6-4-5-7-14(11)12(2)19-16(20)15-9-8-13(17-3)10-18-15/h4-10,12,17H,1-3H3,(H,19,20). The summed E-state index contributed by atoms with van der Waals surface area (Å²) in [7, 11) is 1.82. The number of nitrogens with zero attached hydrogens (tertiary/aromatic N) is 1. The Bertz CT molecular complexity index is 593. The van der Waals surface area contributed by atoms with Gasteiger partial charge in [0, 0.05) is 7.05 Å². The molecule has 0 bridgehead atoms. The van der Waals surface area contributed by atoms with E-state index in [1.807, 2.05) is 51.2 Å². The van der Waals surface area contributed by atoms with Gasteiger partial charge >= 0.3 is 0 Å². The Balaban J connectivity index is 2.09. The summed E-state index contributed by atoms with van der Waals surface area (Å²) in [6.45, 7) is 4.01. The van der Waals surface area contributed by atoms with Gasteiger partial charge in [-0.3, -0.25) is 4.79 Å². The van der Waals surface area contributed by atoms with Crippen LogP contribution in [-0.4, -0.2) is 17.9 Å². The number of benzene rings is 1. The van der Waals surface area contributed by atoms with E-state index in [4.69, 9.17) is 0 Å². The summed E-state index contributed by atoms with van der Waals surface area (Å²) in [4.78, 5) is 16.3. The molecule has 0 radical (unpaired) electrons. The number of nitrogens with one attached hydrogen (secondary N) is 2. The molecule has 0 spiro atoms. The Morgan fingerprint density at radius 3 is 2.55 bits per heavy atom. The van der Waals surface area contributed by atoms with Gasteiger partial charge in [0.15, 0.2) is 0 Å². The molecule has 1 heterocycles. The first-order valence-corrected chi connectivity index (χ1v) is 6.62. The van der Waals surface area contributed by atoms with Crippen molar-refractivity contribution in [2.45, 2.75) is 19.9 Å². The molecule has 0 saturated carbocycles. The third-order valence-electron chi connectivity index (χ3n) is 3.29. The van der Waals surface area contributed by atoms with Crippen molar-refractivity contribution in [3.05, 3.63) is 59.4 Å². The molecular formula is C16H19N3O. The highest BCUT2D eigenvalue weighted by atomic mass is 16.1. The molecule has 20 heavy (non-hydrogen) atoms. The lowest BCUT2D eigenvalue weighted by atomic mass is 10.0. The van der Waals surface area contributed by atoms with Crippen molar-refractivity contribution in [2.24, 2.45) is 0 Å². The highest BCUT2D eigenvalue weighted by Gasteiger charge is 2.13. The molecule has 104 valence electrons. The first kappa shape index (κ1) is 14.1. The molecule has 0 aliphatic rings. The number of pyridine rings is 1. The number of anilines is 1. The summed E-state index contributed by atoms with van der Waals surface area (Å²) >= 11 is 0. The van der Waals surface area contributed by atoms with Crippen molar-refractivity contribution in [2.75, 3.05) is 12.4 Å². The normalized spacial score (nSPS) is 11.8. The van der Waals surface area contributed by atoms with Gasteiger partial charge in [-0.05, 0) is 37.1 Å². The minimum Gasteiger partial charge on any atom is -0.387 e. The maximum atomic E-state index is 12.1. The van der Waals surface area contributed by atoms with Crippen LogP contribution in [0.3, 0.4) is 0 Å². The zero-order valence-electron chi connectivity index (χ0n) is 12.0. The van der Waals surface area contributed by atoms with E-state index in [0.29, 0.717) is 5.69 Å². The Kier molecular flexibility index (Phi) is 4.35. The summed E-state index contributed by atoms with van der Waals surface area (Å²) in [5, 5.41) is 5.94. The molecule has 2 aromatic rings. The van der Waals surface area contributed by atoms with Gasteiger partial charge in [-0.2, -0.15) is 0 Å². The van der Waals surface area contributed by atoms with Crippen LogP contribution in [0.15, 0.2) is 42.6 Å². The highest BCUT2D eigenvalue weighted by Crippen LogP contribution is 2.17. The summed E-state index contributed by atoms with van der Waals surface area (Å²) in [6, 6.07) is 11.5. The van der Waals surface area contributed by atoms with Gasteiger partial charge in [-0.15, -0.1) is 0 Å². The zero-order chi connectivity index (χ0) is 14.5. The number of rotatable bonds is 4. The van der Waals surface area contributed by atoms with E-state index in [-0.39, 0.29) is 11.9 Å². The largest absolute Gasteiger partial charge is 0.387 e. The predicted molar refractivity (Wildman–Crippen MR) is 80.8 cm³/mol. The van der Waals surface area contributed by atoms with E-state index in [2.05, 4.69) is 15.6 Å². The molecule has 4 heteroatoms. The Morgan fingerprint density at radius 2 is 1.95 bits per heavy atom. The van der Waals surface area contributed by atoms with Crippen LogP contribution in [0.4, 0.5) is 5.69 Å². The molecule has 1 amide bonds. The molecule has 2 N–H and O–H groups in total. The van der Waals surface area contributed by atoms with Crippen LogP contribution < -0.4 is 10.6 Å². The summed E-state index contributed by atoms with van der Waals surface area (Å²) < 4.78 is 0. The topological polar surface area (TPSA) is 54.0 Å². The second-order valence-corrected chi connectivity index (χ2v) is 4.73. The zero-order valence-corrected chi connectivity index (χ0v) is 12.0. The van der Waals surface area contributed by atoms with Gasteiger partial charge in [0.1, 0.15) is 5.69 Å². The second-order valence-electron chi connectivity index (χ2n) is 4.73. The monoisotopic (exact) mass is 269 g/mol. The first-order valence-electron chi connectivity index (χ1n) is 6.62. The van der Waals surface area contributed by atoms with Crippen LogP contribution in [-0.2, 0) is 0 Å². The fourth-order valence-electron chi connectivity index (χ4n) is 2.10. The van der Waals surface area contributed by atoms with Crippen LogP contribution in [0.2, 0.25) is 0 Å². The average molecular weight is 269 g/mol. The SMILES string of the molecule is CNc1ccc(C(=O)NC(C)c2ccccc2C)nc1. The Morgan fingerprint density at radius 1 is 1.20 bits per heavy atom. The molecule has 0 aliphatic carbocycles. The molecule has 0 aliphatic heterocycles. The van der Waals surface area contributed by atoms with E-state index in [9.17, 15) is 4.79 Å². The molecule has 1 atom stereocenters. The minimum absolute atomic E-state index is 0.0468. The third-order valence-corrected chi connectivity index (χ3v) is 3.29. The van der Waals surface area contributed by atoms with Gasteiger partial charge in [-0.1, -0.05) is 24.3 Å². The van der Waals surface area contributed by atoms with Gasteiger partial charge < -0.3 is 10.6 Å². The van der Waals surface area contributed by atoms with Crippen LogP contribution in [0, 0.1) is 6.92 Å². The number of aromatic nitrogens is 1. The molecule has 2 rings (SSSR count). The van der Waals surface area contributed by atoms with Crippen LogP contribution in [0.25, 0.3) is 0 Å². The fraction of sp³-hybridized carbons (Fsp3) is 0.250. The van der Waals surface area contributed by atoms with Gasteiger partial charge in [0.25, 0.3) is 5.91 Å². The van der Waals surface area contributed by atoms with E-state index in [1.165, 1.54) is 5.56 Å². The second kappa shape index (κ2) is 6.19. The van der Waals surface area contributed by atoms with E-state index < -0.39 is 0 Å². The highest BCUT2D eigenvalue weighted by molar-refractivity contribution is 5.92. The maximum Gasteiger partial charge on any atom is 0.270 e. The number of aryl methyl sites for hydroxylation is 1. The molecular weight excluding hydrogens is 250 g/mol. The van der Waals surface area contributed by atoms with Crippen LogP contribution in [0.5, 0.6) is 0 Å². The van der Waals surface area contributed by atoms with Crippen molar-refractivity contribution in [1.29, 1.82) is 0 Å². The van der Waals surface area contributed by atoms with Crippen molar-refractivity contribution in [1.82, 2.24) is 10.3 Å². The molecule has 0 saturated heterocycles. The quantitative estimate of drug-likeness (QED) is 0.897. The average Bonchev–Trinajstić information content (AvgIpc) is 2.47. The van der Waals surface area contributed by atoms with Crippen LogP contribution >= 0.6 is 0 Å². The smallest absolute Gasteiger partial charge is 0.270 e. The fourth-order valence-corrected chi connectivity index (χ4v) is 2.10. The van der Waals surface area contributed by atoms with Crippen molar-refractivity contribution >= 4 is 11.6 Å². The summed E-state index contributed by atoms with van der Waals surface area (Å²) in [5.74, 6) is -0.164. The molecule has 1 unspecified atom stereocenters. The summed E-state index contributed by atoms with van der Waals surface area (Å²) in [6.07, 6.45) is 1.65. The third kappa shape index (κ3) is 3.15. The molecule has 1 aromatic carbocycles. The summed E-state index contributed by atoms with van der Waals surface area (Å²) in [5.41, 5.74) is 3.59. The lowest BCUT2D eigenvalue weighted by molar-refractivity contribution is 0.0935. The van der Waals surface area contributed by atoms with Gasteiger partial charge in [0.05, 0.1) is 17.9 Å². The van der Waals surface area contributed by atoms with E-state index >= 15 is 0 Å². The minimum atomic E-state index is -0.164. The van der Waals surface area contributed by atoms with E-state index in [1.54, 1.807) is 12.3 Å². The van der Waals surface area contributed by atoms with Crippen molar-refractivity contribution < 1.29 is 4.79 Å². The number of amides is 1. The maximum absolute atomic E-state index is 12.1. The lowest BCUT2D eigenvalue weighted by Gasteiger charge is -2.16. The first-order chi connectivity index (χ1) is 9.61. The van der Waals surface area contributed by atoms with Gasteiger partial charge in [-0.25, -0.2) is 4.98 Å². The van der Waals surface area contributed by atoms with Crippen molar-refractivity contribution in [3.8, 4) is 0 Å². The van der Waals surface area contributed by atoms with Gasteiger partial charge in [0.2, 0.25) is 0 Å².